The third-order valence-corrected chi connectivity index (χ3v) is 3.72. The van der Waals surface area contributed by atoms with Gasteiger partial charge in [-0.05, 0) is 50.6 Å². The molecule has 25 heavy (non-hydrogen) atoms. The molecule has 0 heterocycles. The number of carbonyl (C=O) groups excluding carboxylic acids is 2. The molecule has 6 heteroatoms. The molecule has 0 radical (unpaired) electrons. The van der Waals surface area contributed by atoms with Gasteiger partial charge in [-0.15, -0.1) is 0 Å². The molecule has 0 aromatic heterocycles. The van der Waals surface area contributed by atoms with Crippen molar-refractivity contribution in [2.24, 2.45) is 0 Å². The molecule has 0 aliphatic heterocycles. The Labute approximate surface area is 157 Å². The zero-order chi connectivity index (χ0) is 18.6. The highest BCUT2D eigenvalue weighted by Crippen LogP contribution is 2.23. The molecule has 1 atom stereocenters. The lowest BCUT2D eigenvalue weighted by Gasteiger charge is -2.23. The van der Waals surface area contributed by atoms with Crippen LogP contribution in [0, 0.1) is 0 Å². The molecule has 0 unspecified atom stereocenters. The highest BCUT2D eigenvalue weighted by atomic mass is 35.5. The van der Waals surface area contributed by atoms with E-state index >= 15 is 0 Å². The molecule has 2 rings (SSSR count). The summed E-state index contributed by atoms with van der Waals surface area (Å²) in [5, 5.41) is 3.61. The van der Waals surface area contributed by atoms with E-state index in [-0.39, 0.29) is 5.78 Å². The number of alkyl carbamates (subject to hydrolysis) is 1. The number of amides is 1. The number of halogens is 2. The maximum Gasteiger partial charge on any atom is 0.408 e. The maximum atomic E-state index is 12.9. The van der Waals surface area contributed by atoms with E-state index in [4.69, 9.17) is 27.9 Å². The topological polar surface area (TPSA) is 55.4 Å². The molecule has 1 N–H and O–H groups in total. The van der Waals surface area contributed by atoms with Crippen molar-refractivity contribution in [3.8, 4) is 0 Å². The number of carbonyl (C=O) groups is 2. The van der Waals surface area contributed by atoms with Crippen molar-refractivity contribution < 1.29 is 14.3 Å². The lowest BCUT2D eigenvalue weighted by Crippen LogP contribution is -2.38. The lowest BCUT2D eigenvalue weighted by molar-refractivity contribution is 0.0491. The predicted molar refractivity (Wildman–Crippen MR) is 99.3 cm³/mol. The van der Waals surface area contributed by atoms with Crippen molar-refractivity contribution in [3.63, 3.8) is 0 Å². The summed E-state index contributed by atoms with van der Waals surface area (Å²) in [6.07, 6.45) is -0.678. The average molecular weight is 380 g/mol. The predicted octanol–water partition coefficient (Wildman–Crippen LogP) is 5.44. The first-order chi connectivity index (χ1) is 11.7. The number of hydrogen-bond donors (Lipinski definition) is 1. The van der Waals surface area contributed by atoms with Gasteiger partial charge in [-0.3, -0.25) is 4.79 Å². The fraction of sp³-hybridized carbons (Fsp3) is 0.263. The van der Waals surface area contributed by atoms with Crippen LogP contribution in [0.25, 0.3) is 0 Å². The molecular formula is C19H19Cl2NO3. The van der Waals surface area contributed by atoms with Gasteiger partial charge in [0, 0.05) is 15.6 Å². The molecule has 4 nitrogen and oxygen atoms in total. The van der Waals surface area contributed by atoms with Gasteiger partial charge in [0.1, 0.15) is 11.6 Å². The second-order valence-corrected chi connectivity index (χ2v) is 7.38. The third kappa shape index (κ3) is 5.76. The molecule has 0 saturated carbocycles. The maximum absolute atomic E-state index is 12.9. The van der Waals surface area contributed by atoms with Crippen LogP contribution in [-0.4, -0.2) is 17.5 Å². The Balaban J connectivity index is 2.33. The molecule has 0 bridgehead atoms. The van der Waals surface area contributed by atoms with E-state index in [0.29, 0.717) is 21.2 Å². The van der Waals surface area contributed by atoms with Crippen molar-refractivity contribution in [1.29, 1.82) is 0 Å². The minimum atomic E-state index is -0.911. The van der Waals surface area contributed by atoms with E-state index in [1.165, 1.54) is 0 Å². The number of ketones is 1. The molecule has 132 valence electrons. The molecule has 0 aliphatic carbocycles. The van der Waals surface area contributed by atoms with E-state index in [0.717, 1.165) is 0 Å². The Morgan fingerprint density at radius 2 is 1.64 bits per heavy atom. The number of nitrogens with one attached hydrogen (secondary N) is 1. The van der Waals surface area contributed by atoms with Gasteiger partial charge in [0.05, 0.1) is 0 Å². The second-order valence-electron chi connectivity index (χ2n) is 6.51. The largest absolute Gasteiger partial charge is 0.444 e. The number of Topliss-reactive ketones (excluding diaryl/α,β-unsaturated/α-hetero) is 1. The highest BCUT2D eigenvalue weighted by molar-refractivity contribution is 6.31. The van der Waals surface area contributed by atoms with Crippen LogP contribution in [0.3, 0.4) is 0 Å². The summed E-state index contributed by atoms with van der Waals surface area (Å²) in [6, 6.07) is 12.3. The summed E-state index contributed by atoms with van der Waals surface area (Å²) in [5.74, 6) is -0.296. The van der Waals surface area contributed by atoms with Gasteiger partial charge in [0.15, 0.2) is 5.78 Å². The minimum absolute atomic E-state index is 0.296. The molecule has 1 amide bonds. The zero-order valence-electron chi connectivity index (χ0n) is 14.2. The van der Waals surface area contributed by atoms with E-state index in [9.17, 15) is 9.59 Å². The summed E-state index contributed by atoms with van der Waals surface area (Å²) in [7, 11) is 0. The van der Waals surface area contributed by atoms with Gasteiger partial charge in [-0.2, -0.15) is 0 Å². The molecule has 2 aromatic rings. The Hall–Kier alpha value is -2.04. The molecular weight excluding hydrogens is 361 g/mol. The normalized spacial score (nSPS) is 12.4. The first kappa shape index (κ1) is 19.3. The standard InChI is InChI=1S/C19H19Cl2NO3/c1-19(2,3)25-18(24)22-16(12-7-9-14(20)10-8-12)17(23)13-5-4-6-15(21)11-13/h4-11,16H,1-3H3,(H,22,24)/t16-/m0/s1. The first-order valence-electron chi connectivity index (χ1n) is 7.70. The van der Waals surface area contributed by atoms with Gasteiger partial charge < -0.3 is 10.1 Å². The van der Waals surface area contributed by atoms with Gasteiger partial charge in [0.2, 0.25) is 0 Å². The highest BCUT2D eigenvalue weighted by Gasteiger charge is 2.26. The molecule has 0 spiro atoms. The van der Waals surface area contributed by atoms with Crippen LogP contribution < -0.4 is 5.32 Å². The smallest absolute Gasteiger partial charge is 0.408 e. The van der Waals surface area contributed by atoms with Gasteiger partial charge in [0.25, 0.3) is 0 Å². The van der Waals surface area contributed by atoms with Crippen molar-refractivity contribution >= 4 is 35.1 Å². The second kappa shape index (κ2) is 7.89. The summed E-state index contributed by atoms with van der Waals surface area (Å²) in [6.45, 7) is 5.26. The van der Waals surface area contributed by atoms with Crippen molar-refractivity contribution in [1.82, 2.24) is 5.32 Å². The summed E-state index contributed by atoms with van der Waals surface area (Å²) >= 11 is 11.9. The van der Waals surface area contributed by atoms with Crippen molar-refractivity contribution in [2.45, 2.75) is 32.4 Å². The monoisotopic (exact) mass is 379 g/mol. The van der Waals surface area contributed by atoms with Crippen molar-refractivity contribution in [3.05, 3.63) is 69.7 Å². The van der Waals surface area contributed by atoms with Gasteiger partial charge >= 0.3 is 6.09 Å². The number of benzene rings is 2. The summed E-state index contributed by atoms with van der Waals surface area (Å²) < 4.78 is 5.27. The third-order valence-electron chi connectivity index (χ3n) is 3.24. The van der Waals surface area contributed by atoms with Crippen molar-refractivity contribution in [2.75, 3.05) is 0 Å². The fourth-order valence-electron chi connectivity index (χ4n) is 2.19. The van der Waals surface area contributed by atoms with Crippen LogP contribution in [0.4, 0.5) is 4.79 Å². The van der Waals surface area contributed by atoms with Crippen LogP contribution >= 0.6 is 23.2 Å². The Morgan fingerprint density at radius 1 is 1.00 bits per heavy atom. The van der Waals surface area contributed by atoms with Gasteiger partial charge in [-0.25, -0.2) is 4.79 Å². The SMILES string of the molecule is CC(C)(C)OC(=O)N[C@H](C(=O)c1cccc(Cl)c1)c1ccc(Cl)cc1. The number of ether oxygens (including phenoxy) is 1. The quantitative estimate of drug-likeness (QED) is 0.719. The Morgan fingerprint density at radius 3 is 2.20 bits per heavy atom. The van der Waals surface area contributed by atoms with Crippen LogP contribution in [0.1, 0.15) is 42.7 Å². The molecule has 0 saturated heterocycles. The minimum Gasteiger partial charge on any atom is -0.444 e. The average Bonchev–Trinajstić information content (AvgIpc) is 2.51. The van der Waals surface area contributed by atoms with E-state index in [1.54, 1.807) is 69.3 Å². The van der Waals surface area contributed by atoms with Crippen LogP contribution in [-0.2, 0) is 4.74 Å². The van der Waals surface area contributed by atoms with E-state index in [1.807, 2.05) is 0 Å². The van der Waals surface area contributed by atoms with Crippen LogP contribution in [0.5, 0.6) is 0 Å². The lowest BCUT2D eigenvalue weighted by atomic mass is 9.97. The molecule has 2 aromatic carbocycles. The summed E-state index contributed by atoms with van der Waals surface area (Å²) in [5.41, 5.74) is 0.317. The molecule has 0 aliphatic rings. The molecule has 0 fully saturated rings. The Kier molecular flexibility index (Phi) is 6.09. The van der Waals surface area contributed by atoms with Crippen LogP contribution in [0.15, 0.2) is 48.5 Å². The number of rotatable bonds is 4. The van der Waals surface area contributed by atoms with E-state index < -0.39 is 17.7 Å². The number of hydrogen-bond acceptors (Lipinski definition) is 3. The van der Waals surface area contributed by atoms with E-state index in [2.05, 4.69) is 5.32 Å². The summed E-state index contributed by atoms with van der Waals surface area (Å²) in [4.78, 5) is 25.1. The van der Waals surface area contributed by atoms with Crippen LogP contribution in [0.2, 0.25) is 10.0 Å². The van der Waals surface area contributed by atoms with Gasteiger partial charge in [-0.1, -0.05) is 47.5 Å². The first-order valence-corrected chi connectivity index (χ1v) is 8.46. The zero-order valence-corrected chi connectivity index (χ0v) is 15.7. The fourth-order valence-corrected chi connectivity index (χ4v) is 2.51. The Bertz CT molecular complexity index is 767.